The number of hydrogen-bond acceptors (Lipinski definition) is 2. The van der Waals surface area contributed by atoms with Gasteiger partial charge in [-0.25, -0.2) is 0 Å². The third-order valence-electron chi connectivity index (χ3n) is 2.24. The minimum atomic E-state index is 0.456. The molecule has 0 aliphatic carbocycles. The third kappa shape index (κ3) is 3.37. The van der Waals surface area contributed by atoms with Gasteiger partial charge in [0.2, 0.25) is 0 Å². The zero-order chi connectivity index (χ0) is 8.81. The van der Waals surface area contributed by atoms with Gasteiger partial charge in [0.25, 0.3) is 0 Å². The summed E-state index contributed by atoms with van der Waals surface area (Å²) in [5.74, 6) is 0. The van der Waals surface area contributed by atoms with Gasteiger partial charge in [0, 0.05) is 19.2 Å². The Hall–Kier alpha value is -0.340. The first-order chi connectivity index (χ1) is 5.83. The number of ether oxygens (including phenoxy) is 1. The van der Waals surface area contributed by atoms with E-state index in [-0.39, 0.29) is 0 Å². The first kappa shape index (κ1) is 9.75. The second-order valence-corrected chi connectivity index (χ2v) is 3.47. The lowest BCUT2D eigenvalue weighted by Gasteiger charge is -2.15. The Labute approximate surface area is 75.0 Å². The molecule has 1 saturated heterocycles. The van der Waals surface area contributed by atoms with Crippen LogP contribution in [0.1, 0.15) is 26.2 Å². The van der Waals surface area contributed by atoms with Gasteiger partial charge >= 0.3 is 0 Å². The standard InChI is InChI=1S/C10H19NO/c1-3-5-9(2)11-8-10-6-4-7-12-10/h3,9-11H,1,4-8H2,2H3/t9-,10+/m0/s1. The van der Waals surface area contributed by atoms with Crippen LogP contribution >= 0.6 is 0 Å². The lowest BCUT2D eigenvalue weighted by Crippen LogP contribution is -2.33. The van der Waals surface area contributed by atoms with Crippen molar-refractivity contribution in [3.05, 3.63) is 12.7 Å². The van der Waals surface area contributed by atoms with Gasteiger partial charge in [-0.3, -0.25) is 0 Å². The summed E-state index contributed by atoms with van der Waals surface area (Å²) in [5, 5.41) is 3.43. The van der Waals surface area contributed by atoms with E-state index in [1.807, 2.05) is 6.08 Å². The van der Waals surface area contributed by atoms with Crippen molar-refractivity contribution in [2.45, 2.75) is 38.3 Å². The van der Waals surface area contributed by atoms with Gasteiger partial charge in [-0.05, 0) is 26.2 Å². The number of hydrogen-bond donors (Lipinski definition) is 1. The summed E-state index contributed by atoms with van der Waals surface area (Å²) in [6.07, 6.45) is 5.88. The van der Waals surface area contributed by atoms with E-state index in [1.165, 1.54) is 12.8 Å². The molecule has 1 aliphatic rings. The molecule has 0 aromatic carbocycles. The quantitative estimate of drug-likeness (QED) is 0.633. The Morgan fingerprint density at radius 2 is 2.58 bits per heavy atom. The molecule has 2 heteroatoms. The molecule has 2 atom stereocenters. The lowest BCUT2D eigenvalue weighted by atomic mass is 10.2. The second-order valence-electron chi connectivity index (χ2n) is 3.47. The molecule has 1 aliphatic heterocycles. The maximum Gasteiger partial charge on any atom is 0.0700 e. The highest BCUT2D eigenvalue weighted by molar-refractivity contribution is 4.76. The van der Waals surface area contributed by atoms with Crippen molar-refractivity contribution in [1.29, 1.82) is 0 Å². The highest BCUT2D eigenvalue weighted by Crippen LogP contribution is 2.10. The van der Waals surface area contributed by atoms with Crippen molar-refractivity contribution in [1.82, 2.24) is 5.32 Å². The fourth-order valence-electron chi connectivity index (χ4n) is 1.47. The molecular formula is C10H19NO. The van der Waals surface area contributed by atoms with Gasteiger partial charge in [0.1, 0.15) is 0 Å². The monoisotopic (exact) mass is 169 g/mol. The summed E-state index contributed by atoms with van der Waals surface area (Å²) in [4.78, 5) is 0. The van der Waals surface area contributed by atoms with E-state index in [4.69, 9.17) is 4.74 Å². The minimum absolute atomic E-state index is 0.456. The summed E-state index contributed by atoms with van der Waals surface area (Å²) < 4.78 is 5.49. The van der Waals surface area contributed by atoms with Crippen molar-refractivity contribution in [2.24, 2.45) is 0 Å². The van der Waals surface area contributed by atoms with Gasteiger partial charge in [-0.1, -0.05) is 6.08 Å². The minimum Gasteiger partial charge on any atom is -0.377 e. The highest BCUT2D eigenvalue weighted by Gasteiger charge is 2.15. The van der Waals surface area contributed by atoms with Crippen LogP contribution in [0.25, 0.3) is 0 Å². The molecule has 1 N–H and O–H groups in total. The van der Waals surface area contributed by atoms with Crippen LogP contribution in [-0.2, 0) is 4.74 Å². The van der Waals surface area contributed by atoms with E-state index in [2.05, 4.69) is 18.8 Å². The van der Waals surface area contributed by atoms with Crippen molar-refractivity contribution < 1.29 is 4.74 Å². The predicted octanol–water partition coefficient (Wildman–Crippen LogP) is 1.72. The molecule has 0 bridgehead atoms. The van der Waals surface area contributed by atoms with Gasteiger partial charge in [0.15, 0.2) is 0 Å². The van der Waals surface area contributed by atoms with E-state index in [1.54, 1.807) is 0 Å². The Morgan fingerprint density at radius 1 is 1.75 bits per heavy atom. The van der Waals surface area contributed by atoms with Crippen LogP contribution in [0.2, 0.25) is 0 Å². The summed E-state index contributed by atoms with van der Waals surface area (Å²) >= 11 is 0. The molecule has 1 fully saturated rings. The molecule has 0 radical (unpaired) electrons. The largest absolute Gasteiger partial charge is 0.377 e. The second kappa shape index (κ2) is 5.33. The first-order valence-corrected chi connectivity index (χ1v) is 4.79. The normalized spacial score (nSPS) is 25.6. The molecule has 1 rings (SSSR count). The Morgan fingerprint density at radius 3 is 3.17 bits per heavy atom. The van der Waals surface area contributed by atoms with Crippen LogP contribution in [0.5, 0.6) is 0 Å². The van der Waals surface area contributed by atoms with Crippen LogP contribution in [0.15, 0.2) is 12.7 Å². The Bertz CT molecular complexity index is 130. The fraction of sp³-hybridized carbons (Fsp3) is 0.800. The SMILES string of the molecule is C=CC[C@H](C)NC[C@H]1CCCO1. The molecular weight excluding hydrogens is 150 g/mol. The van der Waals surface area contributed by atoms with Crippen LogP contribution < -0.4 is 5.32 Å². The first-order valence-electron chi connectivity index (χ1n) is 4.79. The van der Waals surface area contributed by atoms with Crippen molar-refractivity contribution in [3.8, 4) is 0 Å². The van der Waals surface area contributed by atoms with Crippen LogP contribution in [0, 0.1) is 0 Å². The maximum atomic E-state index is 5.49. The molecule has 0 unspecified atom stereocenters. The van der Waals surface area contributed by atoms with Gasteiger partial charge < -0.3 is 10.1 Å². The zero-order valence-corrected chi connectivity index (χ0v) is 7.88. The zero-order valence-electron chi connectivity index (χ0n) is 7.88. The smallest absolute Gasteiger partial charge is 0.0700 e. The summed E-state index contributed by atoms with van der Waals surface area (Å²) in [6, 6.07) is 0.534. The molecule has 0 saturated carbocycles. The summed E-state index contributed by atoms with van der Waals surface area (Å²) in [6.45, 7) is 7.83. The average Bonchev–Trinajstić information content (AvgIpc) is 2.53. The van der Waals surface area contributed by atoms with E-state index in [9.17, 15) is 0 Å². The van der Waals surface area contributed by atoms with Gasteiger partial charge in [-0.2, -0.15) is 0 Å². The van der Waals surface area contributed by atoms with Crippen LogP contribution in [0.3, 0.4) is 0 Å². The van der Waals surface area contributed by atoms with E-state index in [0.717, 1.165) is 19.6 Å². The number of rotatable bonds is 5. The Balaban J connectivity index is 2.03. The lowest BCUT2D eigenvalue weighted by molar-refractivity contribution is 0.108. The maximum absolute atomic E-state index is 5.49. The molecule has 0 aromatic rings. The fourth-order valence-corrected chi connectivity index (χ4v) is 1.47. The highest BCUT2D eigenvalue weighted by atomic mass is 16.5. The topological polar surface area (TPSA) is 21.3 Å². The van der Waals surface area contributed by atoms with Crippen LogP contribution in [0.4, 0.5) is 0 Å². The summed E-state index contributed by atoms with van der Waals surface area (Å²) in [7, 11) is 0. The van der Waals surface area contributed by atoms with E-state index < -0.39 is 0 Å². The summed E-state index contributed by atoms with van der Waals surface area (Å²) in [5.41, 5.74) is 0. The van der Waals surface area contributed by atoms with Gasteiger partial charge in [-0.15, -0.1) is 6.58 Å². The third-order valence-corrected chi connectivity index (χ3v) is 2.24. The molecule has 0 aromatic heterocycles. The molecule has 0 amide bonds. The number of nitrogens with one attached hydrogen (secondary N) is 1. The predicted molar refractivity (Wildman–Crippen MR) is 51.3 cm³/mol. The molecule has 1 heterocycles. The van der Waals surface area contributed by atoms with Gasteiger partial charge in [0.05, 0.1) is 6.10 Å². The van der Waals surface area contributed by atoms with Crippen LogP contribution in [-0.4, -0.2) is 25.3 Å². The molecule has 12 heavy (non-hydrogen) atoms. The van der Waals surface area contributed by atoms with Crippen molar-refractivity contribution in [3.63, 3.8) is 0 Å². The molecule has 2 nitrogen and oxygen atoms in total. The van der Waals surface area contributed by atoms with Crippen molar-refractivity contribution in [2.75, 3.05) is 13.2 Å². The van der Waals surface area contributed by atoms with E-state index in [0.29, 0.717) is 12.1 Å². The Kier molecular flexibility index (Phi) is 4.33. The van der Waals surface area contributed by atoms with Crippen molar-refractivity contribution >= 4 is 0 Å². The average molecular weight is 169 g/mol. The van der Waals surface area contributed by atoms with E-state index >= 15 is 0 Å². The molecule has 0 spiro atoms. The molecule has 70 valence electrons.